The van der Waals surface area contributed by atoms with Crippen molar-refractivity contribution in [2.24, 2.45) is 0 Å². The Bertz CT molecular complexity index is 539. The molecule has 0 spiro atoms. The van der Waals surface area contributed by atoms with E-state index in [0.717, 1.165) is 17.6 Å². The van der Waals surface area contributed by atoms with Gasteiger partial charge in [-0.2, -0.15) is 14.7 Å². The molecule has 0 aromatic heterocycles. The van der Waals surface area contributed by atoms with Crippen molar-refractivity contribution in [3.8, 4) is 17.4 Å². The van der Waals surface area contributed by atoms with Crippen molar-refractivity contribution in [1.29, 1.82) is 5.41 Å². The van der Waals surface area contributed by atoms with E-state index in [2.05, 4.69) is 21.9 Å². The first-order chi connectivity index (χ1) is 8.22. The van der Waals surface area contributed by atoms with E-state index in [1.54, 1.807) is 0 Å². The molecule has 0 unspecified atom stereocenters. The number of nitrogens with zero attached hydrogens (tertiary/aromatic N) is 4. The predicted octanol–water partition coefficient (Wildman–Crippen LogP) is 0.674. The third-order valence-electron chi connectivity index (χ3n) is 2.20. The van der Waals surface area contributed by atoms with Crippen LogP contribution in [0.4, 0.5) is 0 Å². The first-order valence-electron chi connectivity index (χ1n) is 5.34. The largest absolute Gasteiger partial charge is 0.476 e. The highest BCUT2D eigenvalue weighted by Gasteiger charge is 2.17. The van der Waals surface area contributed by atoms with Gasteiger partial charge in [0.05, 0.1) is 12.8 Å². The van der Waals surface area contributed by atoms with Crippen LogP contribution in [0, 0.1) is 5.41 Å². The Kier molecular flexibility index (Phi) is 3.17. The summed E-state index contributed by atoms with van der Waals surface area (Å²) in [6, 6.07) is 0. The molecule has 0 atom stereocenters. The van der Waals surface area contributed by atoms with E-state index in [4.69, 9.17) is 10.1 Å². The maximum Gasteiger partial charge on any atom is 0.247 e. The van der Waals surface area contributed by atoms with Gasteiger partial charge in [-0.25, -0.2) is 4.98 Å². The van der Waals surface area contributed by atoms with Crippen LogP contribution in [0.1, 0.15) is 19.8 Å². The molecule has 0 aromatic rings. The van der Waals surface area contributed by atoms with Crippen molar-refractivity contribution in [1.82, 2.24) is 19.7 Å². The molecule has 0 saturated heterocycles. The molecular weight excluding hydrogens is 222 g/mol. The van der Waals surface area contributed by atoms with Crippen LogP contribution in [-0.4, -0.2) is 31.5 Å². The second-order valence-electron chi connectivity index (χ2n) is 3.50. The fraction of sp³-hybridized carbons (Fsp3) is 0.400. The Morgan fingerprint density at radius 2 is 2.29 bits per heavy atom. The Morgan fingerprint density at radius 1 is 1.47 bits per heavy atom. The summed E-state index contributed by atoms with van der Waals surface area (Å²) in [6.45, 7) is 2.56. The third-order valence-corrected chi connectivity index (χ3v) is 2.20. The summed E-state index contributed by atoms with van der Waals surface area (Å²) in [6.07, 6.45) is 4.65. The lowest BCUT2D eigenvalue weighted by Gasteiger charge is -2.11. The molecule has 0 aromatic carbocycles. The van der Waals surface area contributed by atoms with E-state index in [9.17, 15) is 5.21 Å². The molecule has 7 heteroatoms. The quantitative estimate of drug-likeness (QED) is 0.599. The SMILES string of the molecule is CCCCOc1nc(=N)nc2n(O)ccnc1-2. The number of hydrogen-bond acceptors (Lipinski definition) is 6. The van der Waals surface area contributed by atoms with Gasteiger partial charge in [-0.05, 0) is 6.42 Å². The molecule has 0 amide bonds. The van der Waals surface area contributed by atoms with Gasteiger partial charge >= 0.3 is 0 Å². The first-order valence-corrected chi connectivity index (χ1v) is 5.34. The fourth-order valence-corrected chi connectivity index (χ4v) is 1.35. The minimum absolute atomic E-state index is 0.166. The van der Waals surface area contributed by atoms with Crippen molar-refractivity contribution in [3.63, 3.8) is 0 Å². The van der Waals surface area contributed by atoms with E-state index < -0.39 is 0 Å². The van der Waals surface area contributed by atoms with E-state index >= 15 is 0 Å². The molecule has 0 fully saturated rings. The lowest BCUT2D eigenvalue weighted by molar-refractivity contribution is 0.183. The average Bonchev–Trinajstić information content (AvgIpc) is 2.31. The molecule has 7 nitrogen and oxygen atoms in total. The Hall–Kier alpha value is -2.18. The number of fused-ring (bicyclic) bond motifs is 1. The van der Waals surface area contributed by atoms with E-state index in [-0.39, 0.29) is 17.3 Å². The molecule has 0 aliphatic carbocycles. The van der Waals surface area contributed by atoms with Crippen LogP contribution < -0.4 is 10.4 Å². The normalized spacial score (nSPS) is 10.6. The smallest absolute Gasteiger partial charge is 0.247 e. The fourth-order valence-electron chi connectivity index (χ4n) is 1.35. The van der Waals surface area contributed by atoms with Crippen LogP contribution in [0.25, 0.3) is 11.5 Å². The maximum atomic E-state index is 9.54. The minimum atomic E-state index is -0.209. The summed E-state index contributed by atoms with van der Waals surface area (Å²) in [5.74, 6) is 0.399. The van der Waals surface area contributed by atoms with Gasteiger partial charge in [-0.3, -0.25) is 5.41 Å². The van der Waals surface area contributed by atoms with Crippen LogP contribution in [0.3, 0.4) is 0 Å². The Labute approximate surface area is 97.6 Å². The number of ether oxygens (including phenoxy) is 1. The second-order valence-corrected chi connectivity index (χ2v) is 3.50. The summed E-state index contributed by atoms with van der Waals surface area (Å²) in [5.41, 5.74) is 0.141. The monoisotopic (exact) mass is 235 g/mol. The van der Waals surface area contributed by atoms with Gasteiger partial charge in [0.15, 0.2) is 5.69 Å². The van der Waals surface area contributed by atoms with Crippen LogP contribution in [0.15, 0.2) is 12.4 Å². The zero-order valence-electron chi connectivity index (χ0n) is 9.42. The van der Waals surface area contributed by atoms with Crippen LogP contribution in [0.2, 0.25) is 0 Å². The minimum Gasteiger partial charge on any atom is -0.476 e. The van der Waals surface area contributed by atoms with Crippen molar-refractivity contribution in [2.75, 3.05) is 6.61 Å². The number of rotatable bonds is 4. The molecule has 90 valence electrons. The van der Waals surface area contributed by atoms with Gasteiger partial charge < -0.3 is 9.94 Å². The van der Waals surface area contributed by atoms with Crippen molar-refractivity contribution in [3.05, 3.63) is 18.0 Å². The number of hydrogen-bond donors (Lipinski definition) is 2. The van der Waals surface area contributed by atoms with Gasteiger partial charge in [-0.15, -0.1) is 0 Å². The van der Waals surface area contributed by atoms with Crippen molar-refractivity contribution in [2.45, 2.75) is 19.8 Å². The molecule has 17 heavy (non-hydrogen) atoms. The molecule has 2 aliphatic heterocycles. The lowest BCUT2D eigenvalue weighted by atomic mass is 10.3. The Morgan fingerprint density at radius 3 is 3.06 bits per heavy atom. The van der Waals surface area contributed by atoms with Gasteiger partial charge in [-0.1, -0.05) is 13.3 Å². The highest BCUT2D eigenvalue weighted by Crippen LogP contribution is 2.22. The average molecular weight is 235 g/mol. The summed E-state index contributed by atoms with van der Waals surface area (Å²) in [5, 5.41) is 17.0. The highest BCUT2D eigenvalue weighted by molar-refractivity contribution is 5.56. The number of unbranched alkanes of at least 4 members (excludes halogenated alkanes) is 1. The van der Waals surface area contributed by atoms with E-state index in [1.807, 2.05) is 0 Å². The molecule has 0 bridgehead atoms. The topological polar surface area (TPSA) is 96.9 Å². The van der Waals surface area contributed by atoms with Gasteiger partial charge in [0, 0.05) is 6.20 Å². The predicted molar refractivity (Wildman–Crippen MR) is 57.9 cm³/mol. The Balaban J connectivity index is 2.41. The molecule has 2 aliphatic rings. The number of aromatic nitrogens is 4. The van der Waals surface area contributed by atoms with Crippen LogP contribution >= 0.6 is 0 Å². The zero-order chi connectivity index (χ0) is 12.3. The molecular formula is C10H13N5O2. The molecule has 2 heterocycles. The second kappa shape index (κ2) is 4.77. The molecule has 2 N–H and O–H groups in total. The summed E-state index contributed by atoms with van der Waals surface area (Å²) in [4.78, 5) is 11.7. The maximum absolute atomic E-state index is 9.54. The summed E-state index contributed by atoms with van der Waals surface area (Å²) < 4.78 is 6.24. The molecule has 2 rings (SSSR count). The van der Waals surface area contributed by atoms with Crippen molar-refractivity contribution >= 4 is 0 Å². The summed E-state index contributed by atoms with van der Waals surface area (Å²) in [7, 11) is 0. The van der Waals surface area contributed by atoms with Crippen LogP contribution in [-0.2, 0) is 0 Å². The third kappa shape index (κ3) is 2.32. The van der Waals surface area contributed by atoms with Gasteiger partial charge in [0.25, 0.3) is 0 Å². The van der Waals surface area contributed by atoms with Crippen LogP contribution in [0.5, 0.6) is 5.88 Å². The number of nitrogens with one attached hydrogen (secondary N) is 1. The standard InChI is InChI=1S/C10H13N5O2/c1-2-3-6-17-9-7-8(13-10(11)14-9)15(16)5-4-12-7/h4-5,11,16H,2-3,6H2,1H3. The molecule has 0 saturated carbocycles. The zero-order valence-corrected chi connectivity index (χ0v) is 9.42. The molecule has 0 radical (unpaired) electrons. The van der Waals surface area contributed by atoms with Crippen molar-refractivity contribution < 1.29 is 9.94 Å². The van der Waals surface area contributed by atoms with Gasteiger partial charge in [0.1, 0.15) is 0 Å². The lowest BCUT2D eigenvalue weighted by Crippen LogP contribution is -2.19. The van der Waals surface area contributed by atoms with E-state index in [0.29, 0.717) is 12.3 Å². The summed E-state index contributed by atoms with van der Waals surface area (Å²) >= 11 is 0. The van der Waals surface area contributed by atoms with E-state index in [1.165, 1.54) is 12.4 Å². The first kappa shape index (κ1) is 11.3. The van der Waals surface area contributed by atoms with Gasteiger partial charge in [0.2, 0.25) is 17.3 Å². The highest BCUT2D eigenvalue weighted by atomic mass is 16.5.